The summed E-state index contributed by atoms with van der Waals surface area (Å²) in [7, 11) is 0. The molecule has 4 heteroatoms. The molecule has 15 heavy (non-hydrogen) atoms. The van der Waals surface area contributed by atoms with E-state index < -0.39 is 5.60 Å². The van der Waals surface area contributed by atoms with Crippen LogP contribution in [0.5, 0.6) is 0 Å². The van der Waals surface area contributed by atoms with Gasteiger partial charge in [-0.3, -0.25) is 4.68 Å². The molecule has 1 heterocycles. The van der Waals surface area contributed by atoms with Gasteiger partial charge in [0.25, 0.3) is 0 Å². The lowest BCUT2D eigenvalue weighted by atomic mass is 9.74. The minimum absolute atomic E-state index is 0.300. The summed E-state index contributed by atoms with van der Waals surface area (Å²) in [4.78, 5) is 3.84. The van der Waals surface area contributed by atoms with Crippen LogP contribution >= 0.6 is 0 Å². The second kappa shape index (κ2) is 4.03. The fraction of sp³-hybridized carbons (Fsp3) is 0.636. The van der Waals surface area contributed by atoms with Crippen molar-refractivity contribution in [2.24, 2.45) is 5.41 Å². The smallest absolute Gasteiger partial charge is 0.137 e. The van der Waals surface area contributed by atoms with Crippen molar-refractivity contribution >= 4 is 0 Å². The van der Waals surface area contributed by atoms with Gasteiger partial charge in [0.1, 0.15) is 12.7 Å². The topological polar surface area (TPSA) is 50.9 Å². The van der Waals surface area contributed by atoms with Crippen LogP contribution in [-0.4, -0.2) is 25.5 Å². The van der Waals surface area contributed by atoms with E-state index in [4.69, 9.17) is 6.42 Å². The molecule has 1 atom stereocenters. The molecule has 0 bridgehead atoms. The van der Waals surface area contributed by atoms with E-state index >= 15 is 0 Å². The highest BCUT2D eigenvalue weighted by Gasteiger charge is 2.39. The normalized spacial score (nSPS) is 15.7. The lowest BCUT2D eigenvalue weighted by molar-refractivity contribution is -0.0692. The van der Waals surface area contributed by atoms with E-state index in [1.807, 2.05) is 20.8 Å². The lowest BCUT2D eigenvalue weighted by Crippen LogP contribution is -2.46. The number of aliphatic hydroxyl groups is 1. The third-order valence-electron chi connectivity index (χ3n) is 2.68. The van der Waals surface area contributed by atoms with Crippen molar-refractivity contribution in [3.8, 4) is 12.3 Å². The average Bonchev–Trinajstić information content (AvgIpc) is 2.55. The van der Waals surface area contributed by atoms with Crippen molar-refractivity contribution in [2.75, 3.05) is 0 Å². The van der Waals surface area contributed by atoms with Gasteiger partial charge in [0.2, 0.25) is 0 Å². The van der Waals surface area contributed by atoms with Crippen molar-refractivity contribution in [2.45, 2.75) is 39.3 Å². The number of rotatable bonds is 3. The van der Waals surface area contributed by atoms with Gasteiger partial charge in [-0.1, -0.05) is 20.8 Å². The lowest BCUT2D eigenvalue weighted by Gasteiger charge is -2.38. The van der Waals surface area contributed by atoms with Crippen LogP contribution in [0, 0.1) is 17.8 Å². The quantitative estimate of drug-likeness (QED) is 0.754. The standard InChI is InChI=1S/C11H17N3O/c1-5-6-11(15,10(2,3)4)7-14-9-12-8-13-14/h1,8-9,15H,6-7H2,2-4H3. The van der Waals surface area contributed by atoms with Gasteiger partial charge in [-0.25, -0.2) is 4.98 Å². The molecule has 0 saturated heterocycles. The highest BCUT2D eigenvalue weighted by molar-refractivity contribution is 5.00. The van der Waals surface area contributed by atoms with E-state index in [0.717, 1.165) is 0 Å². The van der Waals surface area contributed by atoms with Crippen molar-refractivity contribution in [1.82, 2.24) is 14.8 Å². The zero-order valence-corrected chi connectivity index (χ0v) is 9.44. The maximum atomic E-state index is 10.5. The first kappa shape index (κ1) is 11.7. The molecule has 1 aromatic heterocycles. The van der Waals surface area contributed by atoms with Gasteiger partial charge in [0.15, 0.2) is 0 Å². The summed E-state index contributed by atoms with van der Waals surface area (Å²) in [5.74, 6) is 2.52. The van der Waals surface area contributed by atoms with Crippen LogP contribution in [0.2, 0.25) is 0 Å². The number of nitrogens with zero attached hydrogens (tertiary/aromatic N) is 3. The van der Waals surface area contributed by atoms with E-state index in [2.05, 4.69) is 16.0 Å². The molecule has 0 aromatic carbocycles. The third kappa shape index (κ3) is 2.57. The van der Waals surface area contributed by atoms with Crippen LogP contribution < -0.4 is 0 Å². The predicted octanol–water partition coefficient (Wildman–Crippen LogP) is 1.08. The molecule has 0 radical (unpaired) electrons. The second-order valence-corrected chi connectivity index (χ2v) is 4.76. The van der Waals surface area contributed by atoms with Crippen molar-refractivity contribution < 1.29 is 5.11 Å². The zero-order valence-electron chi connectivity index (χ0n) is 9.44. The molecule has 1 unspecified atom stereocenters. The number of aromatic nitrogens is 3. The van der Waals surface area contributed by atoms with Gasteiger partial charge >= 0.3 is 0 Å². The van der Waals surface area contributed by atoms with E-state index in [1.165, 1.54) is 6.33 Å². The van der Waals surface area contributed by atoms with E-state index in [1.54, 1.807) is 11.0 Å². The Morgan fingerprint density at radius 1 is 1.47 bits per heavy atom. The summed E-state index contributed by atoms with van der Waals surface area (Å²) < 4.78 is 1.60. The Morgan fingerprint density at radius 2 is 2.13 bits per heavy atom. The minimum Gasteiger partial charge on any atom is -0.386 e. The molecule has 1 N–H and O–H groups in total. The summed E-state index contributed by atoms with van der Waals surface area (Å²) in [6, 6.07) is 0. The van der Waals surface area contributed by atoms with Crippen LogP contribution in [0.25, 0.3) is 0 Å². The number of hydrogen-bond acceptors (Lipinski definition) is 3. The highest BCUT2D eigenvalue weighted by atomic mass is 16.3. The number of hydrogen-bond donors (Lipinski definition) is 1. The molecule has 0 spiro atoms. The van der Waals surface area contributed by atoms with Crippen LogP contribution in [0.15, 0.2) is 12.7 Å². The first-order chi connectivity index (χ1) is 6.89. The summed E-state index contributed by atoms with van der Waals surface area (Å²) in [6.07, 6.45) is 8.61. The van der Waals surface area contributed by atoms with E-state index in [0.29, 0.717) is 13.0 Å². The fourth-order valence-corrected chi connectivity index (χ4v) is 1.31. The summed E-state index contributed by atoms with van der Waals surface area (Å²) in [6.45, 7) is 6.24. The number of terminal acetylenes is 1. The fourth-order valence-electron chi connectivity index (χ4n) is 1.31. The summed E-state index contributed by atoms with van der Waals surface area (Å²) in [5, 5.41) is 14.5. The van der Waals surface area contributed by atoms with Crippen LogP contribution in [0.3, 0.4) is 0 Å². The molecular formula is C11H17N3O. The van der Waals surface area contributed by atoms with E-state index in [-0.39, 0.29) is 5.41 Å². The van der Waals surface area contributed by atoms with Crippen LogP contribution in [0.4, 0.5) is 0 Å². The van der Waals surface area contributed by atoms with Gasteiger partial charge in [0.05, 0.1) is 12.1 Å². The Hall–Kier alpha value is -1.34. The molecule has 0 amide bonds. The Bertz CT molecular complexity index is 345. The van der Waals surface area contributed by atoms with Gasteiger partial charge in [-0.05, 0) is 5.41 Å². The molecule has 0 aliphatic heterocycles. The van der Waals surface area contributed by atoms with Crippen molar-refractivity contribution in [3.05, 3.63) is 12.7 Å². The molecular weight excluding hydrogens is 190 g/mol. The molecule has 1 rings (SSSR count). The minimum atomic E-state index is -0.963. The monoisotopic (exact) mass is 207 g/mol. The molecule has 0 aliphatic rings. The Balaban J connectivity index is 2.89. The van der Waals surface area contributed by atoms with Gasteiger partial charge in [-0.15, -0.1) is 12.3 Å². The van der Waals surface area contributed by atoms with Crippen molar-refractivity contribution in [1.29, 1.82) is 0 Å². The van der Waals surface area contributed by atoms with Gasteiger partial charge in [0, 0.05) is 6.42 Å². The summed E-state index contributed by atoms with van der Waals surface area (Å²) >= 11 is 0. The van der Waals surface area contributed by atoms with Crippen LogP contribution in [0.1, 0.15) is 27.2 Å². The predicted molar refractivity (Wildman–Crippen MR) is 57.9 cm³/mol. The van der Waals surface area contributed by atoms with Gasteiger partial charge < -0.3 is 5.11 Å². The molecule has 4 nitrogen and oxygen atoms in total. The molecule has 0 saturated carbocycles. The zero-order chi connectivity index (χ0) is 11.5. The molecule has 0 aliphatic carbocycles. The van der Waals surface area contributed by atoms with E-state index in [9.17, 15) is 5.11 Å². The Kier molecular flexibility index (Phi) is 3.15. The molecule has 1 aromatic rings. The SMILES string of the molecule is C#CCC(O)(Cn1cncn1)C(C)(C)C. The van der Waals surface area contributed by atoms with Crippen molar-refractivity contribution in [3.63, 3.8) is 0 Å². The second-order valence-electron chi connectivity index (χ2n) is 4.76. The first-order valence-electron chi connectivity index (χ1n) is 4.87. The maximum Gasteiger partial charge on any atom is 0.137 e. The summed E-state index contributed by atoms with van der Waals surface area (Å²) in [5.41, 5.74) is -1.26. The van der Waals surface area contributed by atoms with Crippen LogP contribution in [-0.2, 0) is 6.54 Å². The third-order valence-corrected chi connectivity index (χ3v) is 2.68. The Morgan fingerprint density at radius 3 is 2.53 bits per heavy atom. The highest BCUT2D eigenvalue weighted by Crippen LogP contribution is 2.34. The largest absolute Gasteiger partial charge is 0.386 e. The Labute approximate surface area is 90.3 Å². The first-order valence-corrected chi connectivity index (χ1v) is 4.87. The maximum absolute atomic E-state index is 10.5. The average molecular weight is 207 g/mol. The van der Waals surface area contributed by atoms with Gasteiger partial charge in [-0.2, -0.15) is 5.10 Å². The molecule has 82 valence electrons. The molecule has 0 fully saturated rings.